The minimum Gasteiger partial charge on any atom is -0.349 e. The van der Waals surface area contributed by atoms with Gasteiger partial charge in [-0.2, -0.15) is 0 Å². The Hall–Kier alpha value is -1.79. The molecule has 5 nitrogen and oxygen atoms in total. The summed E-state index contributed by atoms with van der Waals surface area (Å²) >= 11 is 0. The average Bonchev–Trinajstić information content (AvgIpc) is 2.93. The van der Waals surface area contributed by atoms with E-state index in [0.29, 0.717) is 25.3 Å². The number of aromatic nitrogens is 1. The quantitative estimate of drug-likeness (QED) is 0.889. The van der Waals surface area contributed by atoms with Gasteiger partial charge in [0, 0.05) is 31.5 Å². The highest BCUT2D eigenvalue weighted by molar-refractivity contribution is 7.92. The second-order valence-corrected chi connectivity index (χ2v) is 6.52. The molecule has 0 saturated heterocycles. The van der Waals surface area contributed by atoms with Gasteiger partial charge in [0.2, 0.25) is 0 Å². The lowest BCUT2D eigenvalue weighted by atomic mass is 10.3. The number of nitrogens with two attached hydrogens (primary N) is 1. The van der Waals surface area contributed by atoms with Crippen LogP contribution in [0.5, 0.6) is 0 Å². The van der Waals surface area contributed by atoms with Crippen LogP contribution in [0.1, 0.15) is 19.5 Å². The van der Waals surface area contributed by atoms with Gasteiger partial charge in [0.15, 0.2) is 0 Å². The van der Waals surface area contributed by atoms with Gasteiger partial charge in [-0.25, -0.2) is 8.42 Å². The van der Waals surface area contributed by atoms with Crippen molar-refractivity contribution < 1.29 is 8.42 Å². The summed E-state index contributed by atoms with van der Waals surface area (Å²) in [6.07, 6.45) is 1.66. The minimum atomic E-state index is -3.57. The van der Waals surface area contributed by atoms with Crippen LogP contribution in [0.4, 0.5) is 5.69 Å². The highest BCUT2D eigenvalue weighted by Gasteiger charge is 2.25. The lowest BCUT2D eigenvalue weighted by Crippen LogP contribution is -2.30. The van der Waals surface area contributed by atoms with E-state index in [1.165, 1.54) is 4.31 Å². The molecule has 0 fully saturated rings. The lowest BCUT2D eigenvalue weighted by Gasteiger charge is -2.22. The van der Waals surface area contributed by atoms with Crippen molar-refractivity contribution in [3.8, 4) is 0 Å². The Morgan fingerprint density at radius 2 is 1.86 bits per heavy atom. The van der Waals surface area contributed by atoms with Gasteiger partial charge in [0.05, 0.1) is 5.69 Å². The smallest absolute Gasteiger partial charge is 0.265 e. The van der Waals surface area contributed by atoms with Gasteiger partial charge in [-0.05, 0) is 32.0 Å². The Kier molecular flexibility index (Phi) is 4.69. The first-order chi connectivity index (χ1) is 10.0. The molecule has 0 aliphatic heterocycles. The summed E-state index contributed by atoms with van der Waals surface area (Å²) in [5, 5.41) is 0. The first kappa shape index (κ1) is 15.6. The molecule has 1 aromatic carbocycles. The first-order valence-corrected chi connectivity index (χ1v) is 8.45. The van der Waals surface area contributed by atoms with Gasteiger partial charge >= 0.3 is 0 Å². The monoisotopic (exact) mass is 307 g/mol. The van der Waals surface area contributed by atoms with Crippen LogP contribution in [0.3, 0.4) is 0 Å². The first-order valence-electron chi connectivity index (χ1n) is 7.01. The zero-order valence-electron chi connectivity index (χ0n) is 12.4. The van der Waals surface area contributed by atoms with Crippen molar-refractivity contribution in [2.45, 2.75) is 31.8 Å². The average molecular weight is 307 g/mol. The van der Waals surface area contributed by atoms with Crippen molar-refractivity contribution in [1.82, 2.24) is 4.57 Å². The van der Waals surface area contributed by atoms with E-state index in [1.807, 2.05) is 36.6 Å². The number of para-hydroxylation sites is 1. The summed E-state index contributed by atoms with van der Waals surface area (Å²) in [7, 11) is -3.57. The van der Waals surface area contributed by atoms with E-state index in [9.17, 15) is 8.42 Å². The fourth-order valence-corrected chi connectivity index (χ4v) is 3.88. The molecule has 1 aromatic heterocycles. The van der Waals surface area contributed by atoms with Gasteiger partial charge in [-0.15, -0.1) is 0 Å². The van der Waals surface area contributed by atoms with E-state index in [0.717, 1.165) is 5.69 Å². The largest absolute Gasteiger partial charge is 0.349 e. The van der Waals surface area contributed by atoms with Crippen molar-refractivity contribution in [3.05, 3.63) is 48.3 Å². The predicted octanol–water partition coefficient (Wildman–Crippen LogP) is 2.18. The van der Waals surface area contributed by atoms with Gasteiger partial charge in [0.1, 0.15) is 4.90 Å². The third kappa shape index (κ3) is 2.96. The standard InChI is InChI=1S/C15H21N3O2S/c1-3-17-12-15(10-14(17)11-16)21(19,20)18(4-2)13-8-6-5-7-9-13/h5-10,12H,3-4,11,16H2,1-2H3. The number of sulfonamides is 1. The predicted molar refractivity (Wildman–Crippen MR) is 84.6 cm³/mol. The molecule has 2 N–H and O–H groups in total. The molecule has 2 rings (SSSR count). The summed E-state index contributed by atoms with van der Waals surface area (Å²) in [5.41, 5.74) is 7.16. The van der Waals surface area contributed by atoms with Crippen molar-refractivity contribution in [2.75, 3.05) is 10.8 Å². The SMILES string of the molecule is CCN(c1ccccc1)S(=O)(=O)c1cc(CN)n(CC)c1. The number of anilines is 1. The molecule has 0 radical (unpaired) electrons. The zero-order valence-corrected chi connectivity index (χ0v) is 13.2. The van der Waals surface area contributed by atoms with E-state index in [2.05, 4.69) is 0 Å². The van der Waals surface area contributed by atoms with Gasteiger partial charge < -0.3 is 10.3 Å². The number of rotatable bonds is 6. The van der Waals surface area contributed by atoms with Crippen molar-refractivity contribution in [2.24, 2.45) is 5.73 Å². The van der Waals surface area contributed by atoms with Crippen LogP contribution < -0.4 is 10.0 Å². The maximum atomic E-state index is 12.8. The fourth-order valence-electron chi connectivity index (χ4n) is 2.35. The molecule has 0 atom stereocenters. The van der Waals surface area contributed by atoms with Crippen molar-refractivity contribution >= 4 is 15.7 Å². The molecule has 0 spiro atoms. The number of hydrogen-bond acceptors (Lipinski definition) is 3. The second-order valence-electron chi connectivity index (χ2n) is 4.66. The third-order valence-electron chi connectivity index (χ3n) is 3.43. The minimum absolute atomic E-state index is 0.288. The summed E-state index contributed by atoms with van der Waals surface area (Å²) in [6, 6.07) is 10.8. The third-order valence-corrected chi connectivity index (χ3v) is 5.30. The molecule has 2 aromatic rings. The van der Waals surface area contributed by atoms with Gasteiger partial charge in [-0.3, -0.25) is 4.31 Å². The topological polar surface area (TPSA) is 68.3 Å². The summed E-state index contributed by atoms with van der Waals surface area (Å²) in [6.45, 7) is 5.18. The van der Waals surface area contributed by atoms with E-state index in [1.54, 1.807) is 24.4 Å². The Morgan fingerprint density at radius 3 is 2.33 bits per heavy atom. The Balaban J connectivity index is 2.47. The van der Waals surface area contributed by atoms with Crippen LogP contribution in [-0.4, -0.2) is 19.5 Å². The van der Waals surface area contributed by atoms with Crippen LogP contribution >= 0.6 is 0 Å². The fraction of sp³-hybridized carbons (Fsp3) is 0.333. The van der Waals surface area contributed by atoms with Crippen LogP contribution in [0, 0.1) is 0 Å². The molecule has 6 heteroatoms. The molecular weight excluding hydrogens is 286 g/mol. The summed E-state index contributed by atoms with van der Waals surface area (Å²) in [5.74, 6) is 0. The molecule has 0 aliphatic carbocycles. The molecule has 0 amide bonds. The number of aryl methyl sites for hydroxylation is 1. The van der Waals surface area contributed by atoms with E-state index >= 15 is 0 Å². The van der Waals surface area contributed by atoms with Crippen molar-refractivity contribution in [3.63, 3.8) is 0 Å². The molecule has 114 valence electrons. The Bertz CT molecular complexity index is 671. The number of hydrogen-bond donors (Lipinski definition) is 1. The lowest BCUT2D eigenvalue weighted by molar-refractivity contribution is 0.591. The van der Waals surface area contributed by atoms with Crippen LogP contribution in [0.25, 0.3) is 0 Å². The maximum absolute atomic E-state index is 12.8. The summed E-state index contributed by atoms with van der Waals surface area (Å²) < 4.78 is 28.9. The highest BCUT2D eigenvalue weighted by Crippen LogP contribution is 2.24. The molecule has 0 saturated carbocycles. The molecule has 0 bridgehead atoms. The van der Waals surface area contributed by atoms with Crippen LogP contribution in [0.2, 0.25) is 0 Å². The van der Waals surface area contributed by atoms with Crippen LogP contribution in [-0.2, 0) is 23.1 Å². The van der Waals surface area contributed by atoms with Gasteiger partial charge in [0.25, 0.3) is 10.0 Å². The second kappa shape index (κ2) is 6.32. The zero-order chi connectivity index (χ0) is 15.5. The molecule has 21 heavy (non-hydrogen) atoms. The number of benzene rings is 1. The van der Waals surface area contributed by atoms with Gasteiger partial charge in [-0.1, -0.05) is 18.2 Å². The van der Waals surface area contributed by atoms with E-state index in [-0.39, 0.29) is 4.90 Å². The van der Waals surface area contributed by atoms with E-state index < -0.39 is 10.0 Å². The van der Waals surface area contributed by atoms with E-state index in [4.69, 9.17) is 5.73 Å². The molecule has 0 unspecified atom stereocenters. The molecule has 0 aliphatic rings. The maximum Gasteiger partial charge on any atom is 0.265 e. The van der Waals surface area contributed by atoms with Crippen molar-refractivity contribution in [1.29, 1.82) is 0 Å². The molecule has 1 heterocycles. The summed E-state index contributed by atoms with van der Waals surface area (Å²) in [4.78, 5) is 0.288. The Labute approximate surface area is 126 Å². The number of nitrogens with zero attached hydrogens (tertiary/aromatic N) is 2. The van der Waals surface area contributed by atoms with Crippen LogP contribution in [0.15, 0.2) is 47.5 Å². The highest BCUT2D eigenvalue weighted by atomic mass is 32.2. The Morgan fingerprint density at radius 1 is 1.19 bits per heavy atom. The molecular formula is C15H21N3O2S. The normalized spacial score (nSPS) is 11.6.